The molecule has 0 aliphatic rings. The second-order valence-corrected chi connectivity index (χ2v) is 3.72. The highest BCUT2D eigenvalue weighted by atomic mass is 16.1. The number of pyridine rings is 2. The maximum absolute atomic E-state index is 11.2. The van der Waals surface area contributed by atoms with Crippen molar-refractivity contribution in [3.8, 4) is 0 Å². The SMILES string of the molecule is NC(=O)c1cccnc1CCc1cccnc1. The van der Waals surface area contributed by atoms with Crippen LogP contribution in [-0.2, 0) is 12.8 Å². The zero-order valence-electron chi connectivity index (χ0n) is 9.34. The van der Waals surface area contributed by atoms with E-state index in [-0.39, 0.29) is 0 Å². The largest absolute Gasteiger partial charge is 0.366 e. The number of amides is 1. The first kappa shape index (κ1) is 11.3. The molecule has 0 unspecified atom stereocenters. The van der Waals surface area contributed by atoms with Gasteiger partial charge in [-0.05, 0) is 36.6 Å². The van der Waals surface area contributed by atoms with Crippen LogP contribution in [0.1, 0.15) is 21.6 Å². The molecular formula is C13H13N3O. The molecule has 0 aromatic carbocycles. The van der Waals surface area contributed by atoms with Crippen molar-refractivity contribution in [3.05, 3.63) is 59.7 Å². The quantitative estimate of drug-likeness (QED) is 0.857. The summed E-state index contributed by atoms with van der Waals surface area (Å²) in [5, 5.41) is 0. The second kappa shape index (κ2) is 5.21. The smallest absolute Gasteiger partial charge is 0.250 e. The average molecular weight is 227 g/mol. The van der Waals surface area contributed by atoms with Crippen LogP contribution in [0.25, 0.3) is 0 Å². The Morgan fingerprint density at radius 3 is 2.71 bits per heavy atom. The number of hydrogen-bond donors (Lipinski definition) is 1. The van der Waals surface area contributed by atoms with Crippen molar-refractivity contribution >= 4 is 5.91 Å². The van der Waals surface area contributed by atoms with E-state index in [9.17, 15) is 4.79 Å². The first-order chi connectivity index (χ1) is 8.27. The Morgan fingerprint density at radius 1 is 1.18 bits per heavy atom. The topological polar surface area (TPSA) is 68.9 Å². The molecule has 2 rings (SSSR count). The minimum Gasteiger partial charge on any atom is -0.366 e. The Bertz CT molecular complexity index is 511. The molecule has 4 heteroatoms. The third-order valence-corrected chi connectivity index (χ3v) is 2.53. The molecule has 17 heavy (non-hydrogen) atoms. The number of aromatic nitrogens is 2. The van der Waals surface area contributed by atoms with E-state index in [0.29, 0.717) is 12.0 Å². The van der Waals surface area contributed by atoms with Gasteiger partial charge >= 0.3 is 0 Å². The van der Waals surface area contributed by atoms with Gasteiger partial charge in [-0.15, -0.1) is 0 Å². The summed E-state index contributed by atoms with van der Waals surface area (Å²) in [6.07, 6.45) is 6.70. The fraction of sp³-hybridized carbons (Fsp3) is 0.154. The lowest BCUT2D eigenvalue weighted by Gasteiger charge is -2.05. The average Bonchev–Trinajstić information content (AvgIpc) is 2.38. The standard InChI is InChI=1S/C13H13N3O/c14-13(17)11-4-2-8-16-12(11)6-5-10-3-1-7-15-9-10/h1-4,7-9H,5-6H2,(H2,14,17). The van der Waals surface area contributed by atoms with Crippen LogP contribution in [0.2, 0.25) is 0 Å². The van der Waals surface area contributed by atoms with Crippen molar-refractivity contribution in [2.45, 2.75) is 12.8 Å². The number of nitrogens with two attached hydrogens (primary N) is 1. The number of carbonyl (C=O) groups excluding carboxylic acids is 1. The number of nitrogens with zero attached hydrogens (tertiary/aromatic N) is 2. The second-order valence-electron chi connectivity index (χ2n) is 3.72. The van der Waals surface area contributed by atoms with Gasteiger partial charge in [0.15, 0.2) is 0 Å². The molecule has 0 bridgehead atoms. The van der Waals surface area contributed by atoms with Crippen molar-refractivity contribution in [2.24, 2.45) is 5.73 Å². The summed E-state index contributed by atoms with van der Waals surface area (Å²) in [6, 6.07) is 7.31. The van der Waals surface area contributed by atoms with Crippen LogP contribution in [0.4, 0.5) is 0 Å². The molecule has 0 saturated heterocycles. The molecule has 0 aliphatic carbocycles. The van der Waals surface area contributed by atoms with Crippen molar-refractivity contribution in [3.63, 3.8) is 0 Å². The third kappa shape index (κ3) is 2.87. The fourth-order valence-corrected chi connectivity index (χ4v) is 1.67. The van der Waals surface area contributed by atoms with Gasteiger partial charge in [0, 0.05) is 18.6 Å². The van der Waals surface area contributed by atoms with Crippen LogP contribution in [0.3, 0.4) is 0 Å². The Labute approximate surface area is 99.5 Å². The fourth-order valence-electron chi connectivity index (χ4n) is 1.67. The van der Waals surface area contributed by atoms with Gasteiger partial charge in [0.25, 0.3) is 5.91 Å². The van der Waals surface area contributed by atoms with E-state index in [0.717, 1.165) is 17.7 Å². The summed E-state index contributed by atoms with van der Waals surface area (Å²) in [7, 11) is 0. The highest BCUT2D eigenvalue weighted by Gasteiger charge is 2.08. The summed E-state index contributed by atoms with van der Waals surface area (Å²) < 4.78 is 0. The van der Waals surface area contributed by atoms with E-state index in [2.05, 4.69) is 9.97 Å². The molecule has 0 saturated carbocycles. The van der Waals surface area contributed by atoms with Crippen molar-refractivity contribution in [2.75, 3.05) is 0 Å². The molecule has 0 aliphatic heterocycles. The molecule has 0 spiro atoms. The lowest BCUT2D eigenvalue weighted by Crippen LogP contribution is -2.15. The zero-order valence-corrected chi connectivity index (χ0v) is 9.34. The number of carbonyl (C=O) groups is 1. The zero-order chi connectivity index (χ0) is 12.1. The Balaban J connectivity index is 2.12. The first-order valence-corrected chi connectivity index (χ1v) is 5.40. The van der Waals surface area contributed by atoms with Gasteiger partial charge in [0.05, 0.1) is 11.3 Å². The molecule has 2 N–H and O–H groups in total. The molecule has 0 fully saturated rings. The van der Waals surface area contributed by atoms with E-state index in [1.54, 1.807) is 24.5 Å². The van der Waals surface area contributed by atoms with E-state index >= 15 is 0 Å². The van der Waals surface area contributed by atoms with Gasteiger partial charge in [-0.2, -0.15) is 0 Å². The van der Waals surface area contributed by atoms with E-state index < -0.39 is 5.91 Å². The van der Waals surface area contributed by atoms with Crippen LogP contribution in [0, 0.1) is 0 Å². The predicted octanol–water partition coefficient (Wildman–Crippen LogP) is 1.36. The number of rotatable bonds is 4. The normalized spacial score (nSPS) is 10.1. The summed E-state index contributed by atoms with van der Waals surface area (Å²) in [5.74, 6) is -0.431. The summed E-state index contributed by atoms with van der Waals surface area (Å²) in [5.41, 5.74) is 7.65. The Morgan fingerprint density at radius 2 is 2.00 bits per heavy atom. The van der Waals surface area contributed by atoms with Crippen LogP contribution >= 0.6 is 0 Å². The van der Waals surface area contributed by atoms with Crippen LogP contribution < -0.4 is 5.73 Å². The van der Waals surface area contributed by atoms with E-state index in [4.69, 9.17) is 5.73 Å². The van der Waals surface area contributed by atoms with Gasteiger partial charge in [0.2, 0.25) is 0 Å². The number of hydrogen-bond acceptors (Lipinski definition) is 3. The molecule has 1 amide bonds. The summed E-state index contributed by atoms with van der Waals surface area (Å²) in [4.78, 5) is 19.4. The third-order valence-electron chi connectivity index (χ3n) is 2.53. The van der Waals surface area contributed by atoms with Gasteiger partial charge in [-0.3, -0.25) is 14.8 Å². The number of aryl methyl sites for hydroxylation is 2. The highest BCUT2D eigenvalue weighted by molar-refractivity contribution is 5.93. The molecule has 4 nitrogen and oxygen atoms in total. The Hall–Kier alpha value is -2.23. The summed E-state index contributed by atoms with van der Waals surface area (Å²) in [6.45, 7) is 0. The van der Waals surface area contributed by atoms with Gasteiger partial charge in [-0.25, -0.2) is 0 Å². The number of primary amides is 1. The monoisotopic (exact) mass is 227 g/mol. The Kier molecular flexibility index (Phi) is 3.45. The molecule has 0 radical (unpaired) electrons. The van der Waals surface area contributed by atoms with Crippen molar-refractivity contribution < 1.29 is 4.79 Å². The predicted molar refractivity (Wildman–Crippen MR) is 64.4 cm³/mol. The lowest BCUT2D eigenvalue weighted by atomic mass is 10.1. The van der Waals surface area contributed by atoms with Gasteiger partial charge in [0.1, 0.15) is 0 Å². The minimum atomic E-state index is -0.431. The van der Waals surface area contributed by atoms with Crippen LogP contribution in [0.5, 0.6) is 0 Å². The van der Waals surface area contributed by atoms with Gasteiger partial charge in [-0.1, -0.05) is 6.07 Å². The van der Waals surface area contributed by atoms with Crippen molar-refractivity contribution in [1.82, 2.24) is 9.97 Å². The molecule has 0 atom stereocenters. The molecule has 2 aromatic heterocycles. The van der Waals surface area contributed by atoms with E-state index in [1.807, 2.05) is 18.3 Å². The maximum atomic E-state index is 11.2. The molecule has 86 valence electrons. The van der Waals surface area contributed by atoms with E-state index in [1.165, 1.54) is 0 Å². The lowest BCUT2D eigenvalue weighted by molar-refractivity contribution is 0.0999. The van der Waals surface area contributed by atoms with Crippen molar-refractivity contribution in [1.29, 1.82) is 0 Å². The maximum Gasteiger partial charge on any atom is 0.250 e. The minimum absolute atomic E-state index is 0.431. The summed E-state index contributed by atoms with van der Waals surface area (Å²) >= 11 is 0. The van der Waals surface area contributed by atoms with Gasteiger partial charge < -0.3 is 5.73 Å². The molecule has 2 aromatic rings. The first-order valence-electron chi connectivity index (χ1n) is 5.40. The van der Waals surface area contributed by atoms with Crippen LogP contribution in [0.15, 0.2) is 42.9 Å². The molecular weight excluding hydrogens is 214 g/mol. The highest BCUT2D eigenvalue weighted by Crippen LogP contribution is 2.08. The molecule has 2 heterocycles. The van der Waals surface area contributed by atoms with Crippen LogP contribution in [-0.4, -0.2) is 15.9 Å².